The van der Waals surface area contributed by atoms with Crippen LogP contribution in [0.4, 0.5) is 5.69 Å². The molecule has 24 heavy (non-hydrogen) atoms. The molecule has 1 atom stereocenters. The number of anilines is 1. The van der Waals surface area contributed by atoms with Gasteiger partial charge in [0, 0.05) is 17.8 Å². The number of carbonyl (C=O) groups is 2. The van der Waals surface area contributed by atoms with Crippen molar-refractivity contribution in [3.63, 3.8) is 0 Å². The van der Waals surface area contributed by atoms with Crippen molar-refractivity contribution < 1.29 is 9.59 Å². The highest BCUT2D eigenvalue weighted by molar-refractivity contribution is 6.03. The van der Waals surface area contributed by atoms with E-state index in [1.165, 1.54) is 0 Å². The van der Waals surface area contributed by atoms with E-state index in [2.05, 4.69) is 20.6 Å². The van der Waals surface area contributed by atoms with Gasteiger partial charge in [0.25, 0.3) is 5.91 Å². The van der Waals surface area contributed by atoms with Crippen LogP contribution in [-0.4, -0.2) is 28.3 Å². The highest BCUT2D eigenvalue weighted by Gasteiger charge is 2.29. The van der Waals surface area contributed by atoms with Crippen molar-refractivity contribution in [3.05, 3.63) is 59.9 Å². The number of amides is 2. The Hall–Kier alpha value is -3.15. The molecule has 2 heterocycles. The van der Waals surface area contributed by atoms with E-state index in [-0.39, 0.29) is 17.7 Å². The predicted molar refractivity (Wildman–Crippen MR) is 90.9 cm³/mol. The Morgan fingerprint density at radius 1 is 1.21 bits per heavy atom. The fourth-order valence-corrected chi connectivity index (χ4v) is 3.07. The molecule has 6 nitrogen and oxygen atoms in total. The molecule has 2 amide bonds. The van der Waals surface area contributed by atoms with E-state index >= 15 is 0 Å². The number of fused-ring (bicyclic) bond motifs is 2. The lowest BCUT2D eigenvalue weighted by Gasteiger charge is -2.10. The lowest BCUT2D eigenvalue weighted by atomic mass is 9.97. The van der Waals surface area contributed by atoms with Gasteiger partial charge < -0.3 is 15.6 Å². The number of rotatable bonds is 4. The van der Waals surface area contributed by atoms with E-state index < -0.39 is 0 Å². The number of aromatic nitrogens is 2. The molecule has 1 aromatic heterocycles. The molecule has 0 radical (unpaired) electrons. The van der Waals surface area contributed by atoms with Crippen LogP contribution in [0.15, 0.2) is 48.8 Å². The van der Waals surface area contributed by atoms with Gasteiger partial charge in [-0.15, -0.1) is 0 Å². The first-order chi connectivity index (χ1) is 11.7. The van der Waals surface area contributed by atoms with Gasteiger partial charge in [0.1, 0.15) is 0 Å². The number of H-pyrrole nitrogens is 1. The molecule has 3 N–H and O–H groups in total. The van der Waals surface area contributed by atoms with Gasteiger partial charge in [0.05, 0.1) is 23.3 Å². The molecule has 0 bridgehead atoms. The number of hydrogen-bond donors (Lipinski definition) is 3. The number of hydrogen-bond acceptors (Lipinski definition) is 3. The normalized spacial score (nSPS) is 16.0. The van der Waals surface area contributed by atoms with Crippen LogP contribution in [0.25, 0.3) is 11.0 Å². The van der Waals surface area contributed by atoms with Crippen LogP contribution in [0.1, 0.15) is 28.3 Å². The van der Waals surface area contributed by atoms with E-state index in [4.69, 9.17) is 0 Å². The third-order valence-corrected chi connectivity index (χ3v) is 4.31. The van der Waals surface area contributed by atoms with Gasteiger partial charge in [-0.1, -0.05) is 18.2 Å². The molecule has 0 fully saturated rings. The van der Waals surface area contributed by atoms with Crippen molar-refractivity contribution >= 4 is 28.5 Å². The summed E-state index contributed by atoms with van der Waals surface area (Å²) >= 11 is 0. The molecule has 1 unspecified atom stereocenters. The van der Waals surface area contributed by atoms with Crippen molar-refractivity contribution in [1.82, 2.24) is 15.3 Å². The minimum Gasteiger partial charge on any atom is -0.352 e. The Labute approximate surface area is 138 Å². The van der Waals surface area contributed by atoms with Gasteiger partial charge in [0.15, 0.2) is 0 Å². The highest BCUT2D eigenvalue weighted by atomic mass is 16.2. The Morgan fingerprint density at radius 3 is 3.00 bits per heavy atom. The monoisotopic (exact) mass is 320 g/mol. The summed E-state index contributed by atoms with van der Waals surface area (Å²) in [6, 6.07) is 13.0. The SMILES string of the molecule is O=C(NCCC1C(=O)Nc2ccccc21)c1ccc2nc[nH]c2c1. The van der Waals surface area contributed by atoms with E-state index in [9.17, 15) is 9.59 Å². The molecule has 0 aliphatic carbocycles. The molecular weight excluding hydrogens is 304 g/mol. The van der Waals surface area contributed by atoms with E-state index in [1.54, 1.807) is 24.5 Å². The number of para-hydroxylation sites is 1. The summed E-state index contributed by atoms with van der Waals surface area (Å²) in [6.45, 7) is 0.437. The fourth-order valence-electron chi connectivity index (χ4n) is 3.07. The van der Waals surface area contributed by atoms with Crippen LogP contribution in [-0.2, 0) is 4.79 Å². The molecule has 0 saturated heterocycles. The number of nitrogens with one attached hydrogen (secondary N) is 3. The van der Waals surface area contributed by atoms with E-state index in [0.717, 1.165) is 22.3 Å². The zero-order valence-corrected chi connectivity index (χ0v) is 12.9. The zero-order valence-electron chi connectivity index (χ0n) is 12.9. The summed E-state index contributed by atoms with van der Waals surface area (Å²) in [5.41, 5.74) is 4.08. The third kappa shape index (κ3) is 2.52. The molecule has 1 aliphatic heterocycles. The Bertz CT molecular complexity index is 931. The maximum absolute atomic E-state index is 12.3. The molecule has 6 heteroatoms. The largest absolute Gasteiger partial charge is 0.352 e. The molecule has 4 rings (SSSR count). The maximum Gasteiger partial charge on any atom is 0.251 e. The summed E-state index contributed by atoms with van der Waals surface area (Å²) < 4.78 is 0. The molecule has 3 aromatic rings. The Morgan fingerprint density at radius 2 is 2.08 bits per heavy atom. The van der Waals surface area contributed by atoms with E-state index in [0.29, 0.717) is 18.5 Å². The van der Waals surface area contributed by atoms with Crippen LogP contribution >= 0.6 is 0 Å². The first-order valence-corrected chi connectivity index (χ1v) is 7.83. The van der Waals surface area contributed by atoms with Crippen LogP contribution in [0.2, 0.25) is 0 Å². The van der Waals surface area contributed by atoms with Gasteiger partial charge in [-0.2, -0.15) is 0 Å². The summed E-state index contributed by atoms with van der Waals surface area (Å²) in [5, 5.41) is 5.75. The summed E-state index contributed by atoms with van der Waals surface area (Å²) in [5.74, 6) is -0.376. The van der Waals surface area contributed by atoms with E-state index in [1.807, 2.05) is 24.3 Å². The van der Waals surface area contributed by atoms with Crippen LogP contribution in [0.3, 0.4) is 0 Å². The second-order valence-electron chi connectivity index (χ2n) is 5.81. The van der Waals surface area contributed by atoms with Gasteiger partial charge >= 0.3 is 0 Å². The third-order valence-electron chi connectivity index (χ3n) is 4.31. The maximum atomic E-state index is 12.3. The van der Waals surface area contributed by atoms with Crippen molar-refractivity contribution in [1.29, 1.82) is 0 Å². The minimum atomic E-state index is -0.211. The predicted octanol–water partition coefficient (Wildman–Crippen LogP) is 2.42. The topological polar surface area (TPSA) is 86.9 Å². The molecule has 0 saturated carbocycles. The Balaban J connectivity index is 1.40. The van der Waals surface area contributed by atoms with Gasteiger partial charge in [-0.25, -0.2) is 4.98 Å². The first-order valence-electron chi connectivity index (χ1n) is 7.83. The second kappa shape index (κ2) is 5.81. The lowest BCUT2D eigenvalue weighted by Crippen LogP contribution is -2.26. The molecule has 2 aromatic carbocycles. The van der Waals surface area contributed by atoms with Crippen molar-refractivity contribution in [3.8, 4) is 0 Å². The van der Waals surface area contributed by atoms with Gasteiger partial charge in [-0.05, 0) is 36.2 Å². The number of carbonyl (C=O) groups excluding carboxylic acids is 2. The standard InChI is InChI=1S/C18H16N4O2/c23-17(11-5-6-15-16(9-11)21-10-20-15)19-8-7-13-12-3-1-2-4-14(12)22-18(13)24/h1-6,9-10,13H,7-8H2,(H,19,23)(H,20,21)(H,22,24). The van der Waals surface area contributed by atoms with Gasteiger partial charge in [0.2, 0.25) is 5.91 Å². The quantitative estimate of drug-likeness (QED) is 0.690. The molecule has 0 spiro atoms. The number of benzene rings is 2. The number of nitrogens with zero attached hydrogens (tertiary/aromatic N) is 1. The second-order valence-corrected chi connectivity index (χ2v) is 5.81. The summed E-state index contributed by atoms with van der Waals surface area (Å²) in [7, 11) is 0. The van der Waals surface area contributed by atoms with Crippen LogP contribution in [0, 0.1) is 0 Å². The molecule has 120 valence electrons. The van der Waals surface area contributed by atoms with Crippen molar-refractivity contribution in [2.75, 3.05) is 11.9 Å². The zero-order chi connectivity index (χ0) is 16.5. The number of imidazole rings is 1. The summed E-state index contributed by atoms with van der Waals surface area (Å²) in [6.07, 6.45) is 2.17. The van der Waals surface area contributed by atoms with Crippen molar-refractivity contribution in [2.45, 2.75) is 12.3 Å². The smallest absolute Gasteiger partial charge is 0.251 e. The fraction of sp³-hybridized carbons (Fsp3) is 0.167. The molecular formula is C18H16N4O2. The first kappa shape index (κ1) is 14.4. The van der Waals surface area contributed by atoms with Crippen LogP contribution < -0.4 is 10.6 Å². The highest BCUT2D eigenvalue weighted by Crippen LogP contribution is 2.33. The Kier molecular flexibility index (Phi) is 3.49. The van der Waals surface area contributed by atoms with Gasteiger partial charge in [-0.3, -0.25) is 9.59 Å². The average Bonchev–Trinajstić information content (AvgIpc) is 3.18. The average molecular weight is 320 g/mol. The minimum absolute atomic E-state index is 0.00988. The number of aromatic amines is 1. The lowest BCUT2D eigenvalue weighted by molar-refractivity contribution is -0.117. The van der Waals surface area contributed by atoms with Crippen LogP contribution in [0.5, 0.6) is 0 Å². The van der Waals surface area contributed by atoms with Crippen molar-refractivity contribution in [2.24, 2.45) is 0 Å². The summed E-state index contributed by atoms with van der Waals surface area (Å²) in [4.78, 5) is 31.4. The molecule has 1 aliphatic rings.